The van der Waals surface area contributed by atoms with Gasteiger partial charge in [-0.05, 0) is 20.8 Å². The van der Waals surface area contributed by atoms with Crippen molar-refractivity contribution in [2.45, 2.75) is 13.8 Å². The first-order valence-electron chi connectivity index (χ1n) is 2.23. The van der Waals surface area contributed by atoms with Gasteiger partial charge in [-0.2, -0.15) is 0 Å². The first kappa shape index (κ1) is 11.9. The van der Waals surface area contributed by atoms with Crippen LogP contribution in [0.25, 0.3) is 0 Å². The van der Waals surface area contributed by atoms with Crippen molar-refractivity contribution in [1.82, 2.24) is 0 Å². The fourth-order valence-corrected chi connectivity index (χ4v) is 0. The quantitative estimate of drug-likeness (QED) is 0.624. The molecule has 0 aromatic rings. The summed E-state index contributed by atoms with van der Waals surface area (Å²) in [6.45, 7) is 7.56. The second-order valence-electron chi connectivity index (χ2n) is 1.38. The Morgan fingerprint density at radius 1 is 1.50 bits per heavy atom. The van der Waals surface area contributed by atoms with E-state index in [1.165, 1.54) is 5.57 Å². The molecule has 0 heterocycles. The molecule has 0 nitrogen and oxygen atoms in total. The van der Waals surface area contributed by atoms with Crippen molar-refractivity contribution in [2.24, 2.45) is 0 Å². The molecular formula is C5H10Cl2In. The molecule has 0 rings (SSSR count). The van der Waals surface area contributed by atoms with E-state index >= 15 is 0 Å². The third-order valence-electron chi connectivity index (χ3n) is 0.408. The van der Waals surface area contributed by atoms with Crippen molar-refractivity contribution in [3.8, 4) is 0 Å². The van der Waals surface area contributed by atoms with Gasteiger partial charge in [-0.3, -0.25) is 0 Å². The van der Waals surface area contributed by atoms with Gasteiger partial charge >= 0.3 is 37.7 Å². The van der Waals surface area contributed by atoms with Crippen LogP contribution in [0.4, 0.5) is 0 Å². The van der Waals surface area contributed by atoms with Gasteiger partial charge in [-0.1, -0.05) is 11.6 Å². The standard InChI is InChI=1S/C5H9.2ClH.In.H/c1-4-5(2)3;;;;/h4H,1H2,2-3H3;2*1H;;/q;;;+2;/p-2. The van der Waals surface area contributed by atoms with Gasteiger partial charge in [0.25, 0.3) is 0 Å². The fourth-order valence-electron chi connectivity index (χ4n) is 0. The van der Waals surface area contributed by atoms with Crippen LogP contribution in [0.5, 0.6) is 0 Å². The number of hydrogen-bond donors (Lipinski definition) is 0. The average Bonchev–Trinajstić information content (AvgIpc) is 1.69. The summed E-state index contributed by atoms with van der Waals surface area (Å²) in [5.41, 5.74) is 1.27. The molecule has 1 radical (unpaired) electrons. The van der Waals surface area contributed by atoms with E-state index < -0.39 is 20.5 Å². The van der Waals surface area contributed by atoms with Crippen molar-refractivity contribution >= 4 is 37.7 Å². The minimum absolute atomic E-state index is 1.07. The van der Waals surface area contributed by atoms with Gasteiger partial charge in [0.05, 0.1) is 0 Å². The monoisotopic (exact) mass is 255 g/mol. The summed E-state index contributed by atoms with van der Waals surface area (Å²) in [6.07, 6.45) is 1.83. The van der Waals surface area contributed by atoms with Crippen LogP contribution in [-0.4, -0.2) is 20.5 Å². The van der Waals surface area contributed by atoms with Crippen LogP contribution < -0.4 is 0 Å². The molecule has 0 aromatic heterocycles. The van der Waals surface area contributed by atoms with Crippen LogP contribution in [0.3, 0.4) is 0 Å². The summed E-state index contributed by atoms with van der Waals surface area (Å²) in [6, 6.07) is 0. The topological polar surface area (TPSA) is 0 Å². The summed E-state index contributed by atoms with van der Waals surface area (Å²) in [7, 11) is 9.95. The molecule has 0 N–H and O–H groups in total. The van der Waals surface area contributed by atoms with E-state index in [4.69, 9.17) is 17.2 Å². The Bertz CT molecular complexity index is 57.4. The normalized spacial score (nSPS) is 6.12. The molecule has 0 bridgehead atoms. The Morgan fingerprint density at radius 2 is 1.62 bits per heavy atom. The van der Waals surface area contributed by atoms with Crippen LogP contribution in [0.1, 0.15) is 13.8 Å². The molecule has 0 aliphatic carbocycles. The van der Waals surface area contributed by atoms with Gasteiger partial charge in [0.15, 0.2) is 0 Å². The van der Waals surface area contributed by atoms with E-state index in [1.807, 2.05) is 19.9 Å². The molecule has 0 aliphatic heterocycles. The summed E-state index contributed by atoms with van der Waals surface area (Å²) in [4.78, 5) is 0. The maximum atomic E-state index is 4.97. The van der Waals surface area contributed by atoms with Crippen LogP contribution in [0.15, 0.2) is 11.6 Å². The first-order valence-corrected chi connectivity index (χ1v) is 12.5. The summed E-state index contributed by atoms with van der Waals surface area (Å²) >= 11 is -1.07. The maximum absolute atomic E-state index is 4.97. The Hall–Kier alpha value is 1.19. The second-order valence-corrected chi connectivity index (χ2v) is 7.38. The van der Waals surface area contributed by atoms with Crippen molar-refractivity contribution in [3.63, 3.8) is 0 Å². The van der Waals surface area contributed by atoms with Gasteiger partial charge in [-0.15, -0.1) is 0 Å². The number of halogens is 2. The molecule has 0 aliphatic rings. The van der Waals surface area contributed by atoms with E-state index in [2.05, 4.69) is 6.92 Å². The Morgan fingerprint density at radius 3 is 1.62 bits per heavy atom. The zero-order chi connectivity index (χ0) is 6.99. The van der Waals surface area contributed by atoms with Crippen LogP contribution >= 0.6 is 17.2 Å². The van der Waals surface area contributed by atoms with E-state index in [0.717, 1.165) is 0 Å². The first-order chi connectivity index (χ1) is 3.68. The number of allylic oxidation sites excluding steroid dienone is 2. The second kappa shape index (κ2) is 11.1. The van der Waals surface area contributed by atoms with E-state index in [1.54, 1.807) is 0 Å². The molecule has 0 amide bonds. The number of rotatable bonds is 0. The molecule has 47 valence electrons. The Balaban J connectivity index is 0. The SMILES string of the molecule is [CH2]C=C(C)C.[Cl][InH][Cl]. The van der Waals surface area contributed by atoms with E-state index in [-0.39, 0.29) is 0 Å². The Kier molecular flexibility index (Phi) is 16.5. The van der Waals surface area contributed by atoms with Crippen LogP contribution in [0.2, 0.25) is 0 Å². The van der Waals surface area contributed by atoms with Crippen LogP contribution in [-0.2, 0) is 0 Å². The predicted octanol–water partition coefficient (Wildman–Crippen LogP) is 2.52. The van der Waals surface area contributed by atoms with E-state index in [9.17, 15) is 0 Å². The van der Waals surface area contributed by atoms with Crippen molar-refractivity contribution < 1.29 is 0 Å². The van der Waals surface area contributed by atoms with Crippen molar-refractivity contribution in [2.75, 3.05) is 0 Å². The summed E-state index contributed by atoms with van der Waals surface area (Å²) < 4.78 is 0. The summed E-state index contributed by atoms with van der Waals surface area (Å²) in [5.74, 6) is 0. The van der Waals surface area contributed by atoms with Gasteiger partial charge in [0.1, 0.15) is 0 Å². The third kappa shape index (κ3) is 27.1. The molecule has 0 saturated heterocycles. The average molecular weight is 256 g/mol. The van der Waals surface area contributed by atoms with Gasteiger partial charge in [0.2, 0.25) is 0 Å². The molecular weight excluding hydrogens is 246 g/mol. The van der Waals surface area contributed by atoms with Crippen molar-refractivity contribution in [3.05, 3.63) is 18.6 Å². The Labute approximate surface area is 69.8 Å². The molecule has 0 fully saturated rings. The van der Waals surface area contributed by atoms with Crippen molar-refractivity contribution in [1.29, 1.82) is 0 Å². The minimum atomic E-state index is -1.07. The third-order valence-corrected chi connectivity index (χ3v) is 0.408. The van der Waals surface area contributed by atoms with E-state index in [0.29, 0.717) is 0 Å². The molecule has 0 atom stereocenters. The molecule has 8 heavy (non-hydrogen) atoms. The van der Waals surface area contributed by atoms with Gasteiger partial charge in [0, 0.05) is 0 Å². The molecule has 0 aromatic carbocycles. The molecule has 0 spiro atoms. The zero-order valence-electron chi connectivity index (χ0n) is 5.25. The summed E-state index contributed by atoms with van der Waals surface area (Å²) in [5, 5.41) is 0. The number of hydrogen-bond acceptors (Lipinski definition) is 0. The zero-order valence-corrected chi connectivity index (χ0v) is 10.8. The fraction of sp³-hybridized carbons (Fsp3) is 0.400. The molecule has 0 saturated carbocycles. The predicted molar refractivity (Wildman–Crippen MR) is 43.6 cm³/mol. The molecule has 3 heteroatoms. The molecule has 0 unspecified atom stereocenters. The van der Waals surface area contributed by atoms with Gasteiger partial charge < -0.3 is 0 Å². The van der Waals surface area contributed by atoms with Crippen LogP contribution in [0, 0.1) is 6.92 Å². The van der Waals surface area contributed by atoms with Gasteiger partial charge in [-0.25, -0.2) is 0 Å².